The lowest BCUT2D eigenvalue weighted by Gasteiger charge is -2.14. The predicted molar refractivity (Wildman–Crippen MR) is 72.9 cm³/mol. The van der Waals surface area contributed by atoms with E-state index in [-0.39, 0.29) is 17.9 Å². The molecule has 6 nitrogen and oxygen atoms in total. The summed E-state index contributed by atoms with van der Waals surface area (Å²) in [5.74, 6) is 0.397. The van der Waals surface area contributed by atoms with Crippen molar-refractivity contribution in [3.05, 3.63) is 29.7 Å². The molecule has 0 aliphatic rings. The zero-order valence-corrected chi connectivity index (χ0v) is 11.7. The zero-order chi connectivity index (χ0) is 14.0. The van der Waals surface area contributed by atoms with Crippen LogP contribution in [0.25, 0.3) is 0 Å². The smallest absolute Gasteiger partial charge is 0.247 e. The quantitative estimate of drug-likeness (QED) is 0.885. The fourth-order valence-corrected chi connectivity index (χ4v) is 1.65. The fourth-order valence-electron chi connectivity index (χ4n) is 1.65. The lowest BCUT2D eigenvalue weighted by Crippen LogP contribution is -2.19. The average Bonchev–Trinajstić information content (AvgIpc) is 2.87. The number of aromatic amines is 1. The summed E-state index contributed by atoms with van der Waals surface area (Å²) in [4.78, 5) is 11.8. The van der Waals surface area contributed by atoms with Crippen molar-refractivity contribution in [2.75, 3.05) is 5.32 Å². The Morgan fingerprint density at radius 1 is 1.47 bits per heavy atom. The van der Waals surface area contributed by atoms with Gasteiger partial charge in [0.2, 0.25) is 5.91 Å². The monoisotopic (exact) mass is 261 g/mol. The van der Waals surface area contributed by atoms with Gasteiger partial charge < -0.3 is 5.32 Å². The number of hydrogen-bond donors (Lipinski definition) is 2. The van der Waals surface area contributed by atoms with Crippen LogP contribution >= 0.6 is 0 Å². The minimum absolute atomic E-state index is 0.0188. The summed E-state index contributed by atoms with van der Waals surface area (Å²) in [5, 5.41) is 13.8. The van der Waals surface area contributed by atoms with E-state index in [4.69, 9.17) is 0 Å². The fraction of sp³-hybridized carbons (Fsp3) is 0.462. The Labute approximate surface area is 112 Å². The first-order chi connectivity index (χ1) is 8.84. The number of aryl methyl sites for hydroxylation is 1. The molecule has 0 fully saturated rings. The molecule has 2 heterocycles. The molecule has 0 saturated heterocycles. The molecule has 6 heteroatoms. The van der Waals surface area contributed by atoms with Crippen LogP contribution in [0.5, 0.6) is 0 Å². The summed E-state index contributed by atoms with van der Waals surface area (Å²) in [5.41, 5.74) is 2.00. The summed E-state index contributed by atoms with van der Waals surface area (Å²) >= 11 is 0. The van der Waals surface area contributed by atoms with Gasteiger partial charge in [0.1, 0.15) is 6.54 Å². The molecule has 102 valence electrons. The van der Waals surface area contributed by atoms with Crippen molar-refractivity contribution in [2.24, 2.45) is 0 Å². The van der Waals surface area contributed by atoms with Gasteiger partial charge in [0, 0.05) is 23.4 Å². The Kier molecular flexibility index (Phi) is 3.42. The minimum Gasteiger partial charge on any atom is -0.308 e. The van der Waals surface area contributed by atoms with Crippen LogP contribution in [-0.2, 0) is 16.8 Å². The number of H-pyrrole nitrogens is 1. The lowest BCUT2D eigenvalue weighted by atomic mass is 9.92. The maximum absolute atomic E-state index is 11.8. The first kappa shape index (κ1) is 13.3. The molecule has 19 heavy (non-hydrogen) atoms. The summed E-state index contributed by atoms with van der Waals surface area (Å²) in [7, 11) is 0. The van der Waals surface area contributed by atoms with Gasteiger partial charge in [-0.05, 0) is 12.5 Å². The number of anilines is 1. The second kappa shape index (κ2) is 4.87. The molecule has 2 N–H and O–H groups in total. The highest BCUT2D eigenvalue weighted by Crippen LogP contribution is 2.21. The van der Waals surface area contributed by atoms with E-state index >= 15 is 0 Å². The molecule has 1 amide bonds. The number of nitrogens with one attached hydrogen (secondary N) is 2. The number of rotatable bonds is 3. The Morgan fingerprint density at radius 2 is 2.21 bits per heavy atom. The van der Waals surface area contributed by atoms with Crippen molar-refractivity contribution < 1.29 is 4.79 Å². The van der Waals surface area contributed by atoms with Crippen LogP contribution in [0.15, 0.2) is 18.5 Å². The first-order valence-corrected chi connectivity index (χ1v) is 6.19. The molecule has 0 radical (unpaired) electrons. The molecule has 0 aliphatic heterocycles. The molecule has 0 aromatic carbocycles. The van der Waals surface area contributed by atoms with Crippen LogP contribution in [0.1, 0.15) is 32.0 Å². The normalized spacial score (nSPS) is 11.6. The molecule has 2 aromatic heterocycles. The predicted octanol–water partition coefficient (Wildman–Crippen LogP) is 1.85. The van der Waals surface area contributed by atoms with E-state index in [2.05, 4.69) is 41.4 Å². The molecule has 2 aromatic rings. The molecule has 0 atom stereocenters. The Morgan fingerprint density at radius 3 is 2.74 bits per heavy atom. The van der Waals surface area contributed by atoms with Crippen molar-refractivity contribution in [3.8, 4) is 0 Å². The SMILES string of the molecule is Cc1cnn(CC(=O)Nc2cc(C(C)(C)C)[nH]n2)c1. The Balaban J connectivity index is 1.97. The van der Waals surface area contributed by atoms with Gasteiger partial charge in [-0.2, -0.15) is 10.2 Å². The van der Waals surface area contributed by atoms with Gasteiger partial charge >= 0.3 is 0 Å². The first-order valence-electron chi connectivity index (χ1n) is 6.19. The highest BCUT2D eigenvalue weighted by molar-refractivity contribution is 5.89. The van der Waals surface area contributed by atoms with Crippen molar-refractivity contribution in [1.82, 2.24) is 20.0 Å². The minimum atomic E-state index is -0.143. The number of aromatic nitrogens is 4. The summed E-state index contributed by atoms with van der Waals surface area (Å²) in [6.45, 7) is 8.37. The summed E-state index contributed by atoms with van der Waals surface area (Å²) in [6.07, 6.45) is 3.55. The molecule has 0 bridgehead atoms. The van der Waals surface area contributed by atoms with E-state index < -0.39 is 0 Å². The van der Waals surface area contributed by atoms with E-state index in [1.165, 1.54) is 0 Å². The number of amides is 1. The standard InChI is InChI=1S/C13H19N5O/c1-9-6-14-18(7-9)8-12(19)15-11-5-10(16-17-11)13(2,3)4/h5-7H,8H2,1-4H3,(H2,15,16,17,19). The highest BCUT2D eigenvalue weighted by atomic mass is 16.2. The number of hydrogen-bond acceptors (Lipinski definition) is 3. The van der Waals surface area contributed by atoms with Gasteiger partial charge in [0.25, 0.3) is 0 Å². The second-order valence-corrected chi connectivity index (χ2v) is 5.68. The van der Waals surface area contributed by atoms with E-state index in [1.807, 2.05) is 19.2 Å². The van der Waals surface area contributed by atoms with Crippen LogP contribution in [0.3, 0.4) is 0 Å². The van der Waals surface area contributed by atoms with Crippen LogP contribution < -0.4 is 5.32 Å². The summed E-state index contributed by atoms with van der Waals surface area (Å²) < 4.78 is 1.60. The molecule has 0 spiro atoms. The second-order valence-electron chi connectivity index (χ2n) is 5.68. The van der Waals surface area contributed by atoms with E-state index in [0.717, 1.165) is 11.3 Å². The van der Waals surface area contributed by atoms with Crippen molar-refractivity contribution >= 4 is 11.7 Å². The van der Waals surface area contributed by atoms with Crippen molar-refractivity contribution in [2.45, 2.75) is 39.7 Å². The van der Waals surface area contributed by atoms with Gasteiger partial charge in [0.15, 0.2) is 5.82 Å². The van der Waals surface area contributed by atoms with Crippen LogP contribution in [0.2, 0.25) is 0 Å². The van der Waals surface area contributed by atoms with E-state index in [1.54, 1.807) is 10.9 Å². The summed E-state index contributed by atoms with van der Waals surface area (Å²) in [6, 6.07) is 1.85. The Hall–Kier alpha value is -2.11. The third kappa shape index (κ3) is 3.43. The van der Waals surface area contributed by atoms with E-state index in [0.29, 0.717) is 5.82 Å². The van der Waals surface area contributed by atoms with E-state index in [9.17, 15) is 4.79 Å². The van der Waals surface area contributed by atoms with Gasteiger partial charge in [-0.25, -0.2) is 0 Å². The largest absolute Gasteiger partial charge is 0.308 e. The molecule has 2 rings (SSSR count). The third-order valence-corrected chi connectivity index (χ3v) is 2.72. The van der Waals surface area contributed by atoms with Crippen molar-refractivity contribution in [1.29, 1.82) is 0 Å². The van der Waals surface area contributed by atoms with Gasteiger partial charge in [-0.15, -0.1) is 0 Å². The average molecular weight is 261 g/mol. The van der Waals surface area contributed by atoms with Crippen LogP contribution in [0, 0.1) is 6.92 Å². The third-order valence-electron chi connectivity index (χ3n) is 2.72. The number of carbonyl (C=O) groups is 1. The molecule has 0 unspecified atom stereocenters. The maximum atomic E-state index is 11.8. The zero-order valence-electron chi connectivity index (χ0n) is 11.7. The van der Waals surface area contributed by atoms with Gasteiger partial charge in [-0.1, -0.05) is 20.8 Å². The van der Waals surface area contributed by atoms with Crippen molar-refractivity contribution in [3.63, 3.8) is 0 Å². The van der Waals surface area contributed by atoms with Crippen LogP contribution in [-0.4, -0.2) is 25.9 Å². The highest BCUT2D eigenvalue weighted by Gasteiger charge is 2.17. The number of carbonyl (C=O) groups excluding carboxylic acids is 1. The van der Waals surface area contributed by atoms with Gasteiger partial charge in [-0.3, -0.25) is 14.6 Å². The topological polar surface area (TPSA) is 75.6 Å². The number of nitrogens with zero attached hydrogens (tertiary/aromatic N) is 3. The molecular formula is C13H19N5O. The Bertz CT molecular complexity index is 576. The lowest BCUT2D eigenvalue weighted by molar-refractivity contribution is -0.116. The molecular weight excluding hydrogens is 242 g/mol. The molecule has 0 aliphatic carbocycles. The molecule has 0 saturated carbocycles. The van der Waals surface area contributed by atoms with Gasteiger partial charge in [0.05, 0.1) is 6.20 Å². The maximum Gasteiger partial charge on any atom is 0.247 e. The van der Waals surface area contributed by atoms with Crippen LogP contribution in [0.4, 0.5) is 5.82 Å².